The van der Waals surface area contributed by atoms with E-state index in [0.717, 1.165) is 25.9 Å². The van der Waals surface area contributed by atoms with Crippen LogP contribution in [-0.4, -0.2) is 38.0 Å². The van der Waals surface area contributed by atoms with E-state index in [1.807, 2.05) is 20.2 Å². The Morgan fingerprint density at radius 2 is 2.31 bits per heavy atom. The SMILES string of the molecule is C=CCCCN(C)C(=O)CCNC. The van der Waals surface area contributed by atoms with Gasteiger partial charge in [0.1, 0.15) is 0 Å². The number of unbranched alkanes of at least 4 members (excludes halogenated alkanes) is 1. The highest BCUT2D eigenvalue weighted by atomic mass is 16.2. The molecule has 1 amide bonds. The van der Waals surface area contributed by atoms with Gasteiger partial charge in [-0.15, -0.1) is 6.58 Å². The van der Waals surface area contributed by atoms with E-state index in [1.54, 1.807) is 4.90 Å². The molecule has 0 aliphatic carbocycles. The average Bonchev–Trinajstić information content (AvgIpc) is 2.14. The highest BCUT2D eigenvalue weighted by molar-refractivity contribution is 5.75. The molecule has 0 heterocycles. The van der Waals surface area contributed by atoms with E-state index >= 15 is 0 Å². The topological polar surface area (TPSA) is 32.3 Å². The smallest absolute Gasteiger partial charge is 0.223 e. The van der Waals surface area contributed by atoms with E-state index < -0.39 is 0 Å². The molecule has 0 spiro atoms. The lowest BCUT2D eigenvalue weighted by molar-refractivity contribution is -0.129. The molecule has 0 aromatic carbocycles. The lowest BCUT2D eigenvalue weighted by atomic mass is 10.3. The first kappa shape index (κ1) is 12.2. The van der Waals surface area contributed by atoms with Gasteiger partial charge >= 0.3 is 0 Å². The molecule has 0 radical (unpaired) electrons. The van der Waals surface area contributed by atoms with Gasteiger partial charge in [-0.05, 0) is 19.9 Å². The molecule has 76 valence electrons. The minimum absolute atomic E-state index is 0.207. The maximum atomic E-state index is 11.4. The second-order valence-corrected chi connectivity index (χ2v) is 3.10. The Balaban J connectivity index is 3.50. The van der Waals surface area contributed by atoms with Gasteiger partial charge in [-0.1, -0.05) is 6.08 Å². The van der Waals surface area contributed by atoms with Gasteiger partial charge in [0.15, 0.2) is 0 Å². The van der Waals surface area contributed by atoms with Crippen LogP contribution in [0.2, 0.25) is 0 Å². The summed E-state index contributed by atoms with van der Waals surface area (Å²) in [7, 11) is 3.70. The molecule has 0 aliphatic heterocycles. The molecular weight excluding hydrogens is 164 g/mol. The minimum atomic E-state index is 0.207. The van der Waals surface area contributed by atoms with Crippen LogP contribution >= 0.6 is 0 Å². The largest absolute Gasteiger partial charge is 0.346 e. The first-order chi connectivity index (χ1) is 6.22. The number of nitrogens with zero attached hydrogens (tertiary/aromatic N) is 1. The standard InChI is InChI=1S/C10H20N2O/c1-4-5-6-9-12(3)10(13)7-8-11-2/h4,11H,1,5-9H2,2-3H3. The van der Waals surface area contributed by atoms with Crippen molar-refractivity contribution in [1.29, 1.82) is 0 Å². The molecule has 0 aromatic rings. The summed E-state index contributed by atoms with van der Waals surface area (Å²) in [6, 6.07) is 0. The second-order valence-electron chi connectivity index (χ2n) is 3.10. The van der Waals surface area contributed by atoms with Crippen LogP contribution in [-0.2, 0) is 4.79 Å². The Morgan fingerprint density at radius 3 is 2.85 bits per heavy atom. The summed E-state index contributed by atoms with van der Waals surface area (Å²) in [6.45, 7) is 5.22. The maximum Gasteiger partial charge on any atom is 0.223 e. The molecule has 0 unspecified atom stereocenters. The summed E-state index contributed by atoms with van der Waals surface area (Å²) < 4.78 is 0. The van der Waals surface area contributed by atoms with Crippen LogP contribution in [0, 0.1) is 0 Å². The zero-order valence-corrected chi connectivity index (χ0v) is 8.68. The van der Waals surface area contributed by atoms with E-state index in [-0.39, 0.29) is 5.91 Å². The van der Waals surface area contributed by atoms with Gasteiger partial charge in [-0.3, -0.25) is 4.79 Å². The van der Waals surface area contributed by atoms with Crippen molar-refractivity contribution in [2.24, 2.45) is 0 Å². The van der Waals surface area contributed by atoms with Crippen LogP contribution in [0.15, 0.2) is 12.7 Å². The third kappa shape index (κ3) is 6.34. The van der Waals surface area contributed by atoms with Crippen LogP contribution in [0.5, 0.6) is 0 Å². The number of carbonyl (C=O) groups excluding carboxylic acids is 1. The summed E-state index contributed by atoms with van der Waals surface area (Å²) in [6.07, 6.45) is 4.45. The molecule has 1 N–H and O–H groups in total. The molecule has 13 heavy (non-hydrogen) atoms. The fourth-order valence-corrected chi connectivity index (χ4v) is 1.02. The zero-order valence-electron chi connectivity index (χ0n) is 8.68. The van der Waals surface area contributed by atoms with Gasteiger partial charge in [0.25, 0.3) is 0 Å². The Bertz CT molecular complexity index is 157. The molecule has 3 heteroatoms. The van der Waals surface area contributed by atoms with Crippen molar-refractivity contribution in [1.82, 2.24) is 10.2 Å². The Kier molecular flexibility index (Phi) is 7.30. The number of carbonyl (C=O) groups is 1. The summed E-state index contributed by atoms with van der Waals surface area (Å²) in [4.78, 5) is 13.1. The predicted molar refractivity (Wildman–Crippen MR) is 55.6 cm³/mol. The number of hydrogen-bond donors (Lipinski definition) is 1. The van der Waals surface area contributed by atoms with Crippen molar-refractivity contribution in [3.8, 4) is 0 Å². The van der Waals surface area contributed by atoms with E-state index in [9.17, 15) is 4.79 Å². The Morgan fingerprint density at radius 1 is 1.62 bits per heavy atom. The number of amides is 1. The van der Waals surface area contributed by atoms with Crippen molar-refractivity contribution >= 4 is 5.91 Å². The first-order valence-electron chi connectivity index (χ1n) is 4.71. The van der Waals surface area contributed by atoms with Crippen LogP contribution in [0.1, 0.15) is 19.3 Å². The molecule has 3 nitrogen and oxygen atoms in total. The Hall–Kier alpha value is -0.830. The molecule has 0 saturated heterocycles. The first-order valence-corrected chi connectivity index (χ1v) is 4.71. The van der Waals surface area contributed by atoms with Crippen LogP contribution in [0.3, 0.4) is 0 Å². The normalized spacial score (nSPS) is 9.69. The van der Waals surface area contributed by atoms with E-state index in [2.05, 4.69) is 11.9 Å². The van der Waals surface area contributed by atoms with Crippen LogP contribution in [0.25, 0.3) is 0 Å². The van der Waals surface area contributed by atoms with Gasteiger partial charge in [0.2, 0.25) is 5.91 Å². The molecule has 0 aliphatic rings. The van der Waals surface area contributed by atoms with Gasteiger partial charge in [-0.25, -0.2) is 0 Å². The molecule has 0 bridgehead atoms. The predicted octanol–water partition coefficient (Wildman–Crippen LogP) is 1.02. The van der Waals surface area contributed by atoms with Crippen molar-refractivity contribution in [2.75, 3.05) is 27.2 Å². The van der Waals surface area contributed by atoms with Crippen molar-refractivity contribution in [2.45, 2.75) is 19.3 Å². The minimum Gasteiger partial charge on any atom is -0.346 e. The second kappa shape index (κ2) is 7.80. The quantitative estimate of drug-likeness (QED) is 0.473. The van der Waals surface area contributed by atoms with Gasteiger partial charge in [0, 0.05) is 26.6 Å². The van der Waals surface area contributed by atoms with Gasteiger partial charge < -0.3 is 10.2 Å². The molecule has 0 aromatic heterocycles. The molecular formula is C10H20N2O. The molecule has 0 saturated carbocycles. The highest BCUT2D eigenvalue weighted by Crippen LogP contribution is 1.95. The number of nitrogens with one attached hydrogen (secondary N) is 1. The lowest BCUT2D eigenvalue weighted by Crippen LogP contribution is -2.29. The summed E-state index contributed by atoms with van der Waals surface area (Å²) in [5.41, 5.74) is 0. The number of rotatable bonds is 7. The van der Waals surface area contributed by atoms with E-state index in [1.165, 1.54) is 0 Å². The molecule has 0 fully saturated rings. The third-order valence-electron chi connectivity index (χ3n) is 1.92. The van der Waals surface area contributed by atoms with Crippen LogP contribution in [0.4, 0.5) is 0 Å². The summed E-state index contributed by atoms with van der Waals surface area (Å²) in [5, 5.41) is 2.96. The van der Waals surface area contributed by atoms with E-state index in [0.29, 0.717) is 6.42 Å². The van der Waals surface area contributed by atoms with Crippen molar-refractivity contribution in [3.63, 3.8) is 0 Å². The zero-order chi connectivity index (χ0) is 10.1. The molecule has 0 atom stereocenters. The van der Waals surface area contributed by atoms with Gasteiger partial charge in [-0.2, -0.15) is 0 Å². The highest BCUT2D eigenvalue weighted by Gasteiger charge is 2.05. The third-order valence-corrected chi connectivity index (χ3v) is 1.92. The maximum absolute atomic E-state index is 11.4. The lowest BCUT2D eigenvalue weighted by Gasteiger charge is -2.16. The summed E-state index contributed by atoms with van der Waals surface area (Å²) in [5.74, 6) is 0.207. The average molecular weight is 184 g/mol. The van der Waals surface area contributed by atoms with Crippen molar-refractivity contribution < 1.29 is 4.79 Å². The Labute approximate surface area is 80.8 Å². The monoisotopic (exact) mass is 184 g/mol. The van der Waals surface area contributed by atoms with Gasteiger partial charge in [0.05, 0.1) is 0 Å². The number of allylic oxidation sites excluding steroid dienone is 1. The fourth-order valence-electron chi connectivity index (χ4n) is 1.02. The molecule has 0 rings (SSSR count). The van der Waals surface area contributed by atoms with Crippen LogP contribution < -0.4 is 5.32 Å². The number of hydrogen-bond acceptors (Lipinski definition) is 2. The summed E-state index contributed by atoms with van der Waals surface area (Å²) >= 11 is 0. The fraction of sp³-hybridized carbons (Fsp3) is 0.700. The van der Waals surface area contributed by atoms with E-state index in [4.69, 9.17) is 0 Å². The van der Waals surface area contributed by atoms with Crippen molar-refractivity contribution in [3.05, 3.63) is 12.7 Å².